The highest BCUT2D eigenvalue weighted by atomic mass is 31.2. The second-order valence-electron chi connectivity index (χ2n) is 32.2. The first-order valence-corrected chi connectivity index (χ1v) is 34.6. The third-order valence-electron chi connectivity index (χ3n) is 16.0. The SMILES string of the molecule is Cc1cc(C(C)(C)C)c(OC(c2c(C(C)(C)C)cc(C)cc2C(C)(C)C)C(CO)(COP(O)O)COP(O)OCC(COP(O)O)(COP(O)O)C(Oc2ccc(C(C)(C)C)cc2C(C)(C)C)c2ccc(C(C)(C)C)cc2C(C)(C)C)c(C(C)(C)C)c1. The van der Waals surface area contributed by atoms with Crippen LogP contribution >= 0.6 is 34.4 Å². The number of hydrogen-bond acceptors (Lipinski definition) is 15. The fourth-order valence-corrected chi connectivity index (χ4v) is 12.8. The normalized spacial score (nSPS) is 15.6. The Kier molecular flexibility index (Phi) is 25.6. The van der Waals surface area contributed by atoms with Crippen molar-refractivity contribution < 1.29 is 71.5 Å². The van der Waals surface area contributed by atoms with Crippen LogP contribution in [0.25, 0.3) is 0 Å². The molecule has 19 heteroatoms. The fraction of sp³-hybridized carbons (Fsp3) is 0.647. The minimum atomic E-state index is -3.06. The maximum atomic E-state index is 12.5. The number of benzene rings is 4. The highest BCUT2D eigenvalue weighted by molar-refractivity contribution is 7.40. The molecule has 0 aromatic heterocycles. The van der Waals surface area contributed by atoms with Gasteiger partial charge in [0.15, 0.2) is 0 Å². The van der Waals surface area contributed by atoms with Crippen LogP contribution in [-0.4, -0.2) is 79.0 Å². The van der Waals surface area contributed by atoms with Gasteiger partial charge in [-0.25, -0.2) is 0 Å². The summed E-state index contributed by atoms with van der Waals surface area (Å²) in [5.74, 6) is 1.05. The molecule has 0 radical (unpaired) electrons. The van der Waals surface area contributed by atoms with E-state index >= 15 is 0 Å². The van der Waals surface area contributed by atoms with Crippen molar-refractivity contribution in [1.82, 2.24) is 0 Å². The molecule has 0 bridgehead atoms. The molecule has 4 atom stereocenters. The molecule has 0 heterocycles. The molecule has 4 rings (SSSR count). The molecule has 0 aliphatic carbocycles. The molecule has 4 aromatic rings. The third-order valence-corrected chi connectivity index (χ3v) is 17.7. The largest absolute Gasteiger partial charge is 0.485 e. The van der Waals surface area contributed by atoms with E-state index in [2.05, 4.69) is 209 Å². The van der Waals surface area contributed by atoms with E-state index in [0.717, 1.165) is 61.2 Å². The highest BCUT2D eigenvalue weighted by Gasteiger charge is 2.51. The van der Waals surface area contributed by atoms with Crippen LogP contribution in [-0.2, 0) is 65.9 Å². The number of hydrogen-bond donors (Lipinski definition) is 8. The summed E-state index contributed by atoms with van der Waals surface area (Å²) < 4.78 is 45.8. The van der Waals surface area contributed by atoms with Gasteiger partial charge in [0.1, 0.15) is 23.7 Å². The van der Waals surface area contributed by atoms with Gasteiger partial charge in [-0.2, -0.15) is 0 Å². The lowest BCUT2D eigenvalue weighted by atomic mass is 9.69. The van der Waals surface area contributed by atoms with Gasteiger partial charge < -0.3 is 71.5 Å². The zero-order chi connectivity index (χ0) is 66.8. The second kappa shape index (κ2) is 28.9. The minimum absolute atomic E-state index is 0.240. The average molecular weight is 1290 g/mol. The predicted molar refractivity (Wildman–Crippen MR) is 357 cm³/mol. The van der Waals surface area contributed by atoms with E-state index in [1.165, 1.54) is 0 Å². The summed E-state index contributed by atoms with van der Waals surface area (Å²) in [6, 6.07) is 20.6. The molecule has 8 N–H and O–H groups in total. The minimum Gasteiger partial charge on any atom is -0.485 e. The number of aliphatic hydroxyl groups is 1. The second-order valence-corrected chi connectivity index (χ2v) is 35.5. The first-order valence-electron chi connectivity index (χ1n) is 30.0. The standard InChI is InChI=1S/C68H110O15P4/c1-43-31-50(63(15,16)17)55(51(32-43)64(18,19)20)58(83-56-52(65(21,22)23)33-44(2)34-53(56)66(24,25)26)67(37-69,38-77-84(70)71)39-80-87(76)81-42-68(40-78-85(72)73,41-79-86(74)75)57(47-29-27-45(59(3,4)5)35-48(47)61(9,10)11)82-54-30-28-46(60(6,7)8)36-49(54)62(12,13)14/h27-36,57-58,69-76H,37-42H2,1-26H3. The summed E-state index contributed by atoms with van der Waals surface area (Å²) in [4.78, 5) is 76.4. The van der Waals surface area contributed by atoms with E-state index in [-0.39, 0.29) is 10.8 Å². The lowest BCUT2D eigenvalue weighted by Crippen LogP contribution is -2.46. The molecular formula is C68H110O15P4. The van der Waals surface area contributed by atoms with E-state index in [0.29, 0.717) is 17.1 Å². The lowest BCUT2D eigenvalue weighted by Gasteiger charge is -2.45. The van der Waals surface area contributed by atoms with Crippen LogP contribution in [0.1, 0.15) is 245 Å². The van der Waals surface area contributed by atoms with Crippen molar-refractivity contribution in [2.45, 2.75) is 236 Å². The van der Waals surface area contributed by atoms with E-state index < -0.39 is 130 Å². The van der Waals surface area contributed by atoms with Gasteiger partial charge in [0.2, 0.25) is 0 Å². The Labute approximate surface area is 528 Å². The summed E-state index contributed by atoms with van der Waals surface area (Å²) >= 11 is 0. The summed E-state index contributed by atoms with van der Waals surface area (Å²) in [5, 5.41) is 12.3. The maximum absolute atomic E-state index is 12.5. The van der Waals surface area contributed by atoms with Crippen LogP contribution in [0.4, 0.5) is 0 Å². The lowest BCUT2D eigenvalue weighted by molar-refractivity contribution is -0.0771. The van der Waals surface area contributed by atoms with Gasteiger partial charge in [-0.05, 0) is 102 Å². The Balaban J connectivity index is 2.15. The van der Waals surface area contributed by atoms with Crippen molar-refractivity contribution in [3.05, 3.63) is 127 Å². The van der Waals surface area contributed by atoms with Crippen LogP contribution in [0, 0.1) is 24.7 Å². The molecule has 0 amide bonds. The predicted octanol–water partition coefficient (Wildman–Crippen LogP) is 16.5. The van der Waals surface area contributed by atoms with E-state index in [4.69, 9.17) is 32.1 Å². The summed E-state index contributed by atoms with van der Waals surface area (Å²) in [6.45, 7) is 51.1. The molecular weight excluding hydrogens is 1180 g/mol. The van der Waals surface area contributed by atoms with Gasteiger partial charge in [0.05, 0.1) is 50.5 Å². The number of aryl methyl sites for hydroxylation is 2. The van der Waals surface area contributed by atoms with Crippen molar-refractivity contribution in [2.75, 3.05) is 39.6 Å². The molecule has 0 saturated carbocycles. The molecule has 0 fully saturated rings. The molecule has 492 valence electrons. The first-order chi connectivity index (χ1) is 39.3. The van der Waals surface area contributed by atoms with Crippen LogP contribution in [0.3, 0.4) is 0 Å². The van der Waals surface area contributed by atoms with Crippen LogP contribution in [0.2, 0.25) is 0 Å². The summed E-state index contributed by atoms with van der Waals surface area (Å²) in [7, 11) is -12.2. The van der Waals surface area contributed by atoms with E-state index in [1.807, 2.05) is 31.2 Å². The molecule has 0 saturated heterocycles. The van der Waals surface area contributed by atoms with Gasteiger partial charge in [-0.3, -0.25) is 0 Å². The topological polar surface area (TPSA) is 226 Å². The average Bonchev–Trinajstić information content (AvgIpc) is 0.782. The first kappa shape index (κ1) is 77.1. The quantitative estimate of drug-likeness (QED) is 0.0305. The molecule has 0 aliphatic rings. The van der Waals surface area contributed by atoms with Gasteiger partial charge >= 0.3 is 34.4 Å². The van der Waals surface area contributed by atoms with Crippen molar-refractivity contribution in [2.24, 2.45) is 10.8 Å². The zero-order valence-electron chi connectivity index (χ0n) is 57.4. The fourth-order valence-electron chi connectivity index (χ4n) is 10.9. The Hall–Kier alpha value is -2.32. The third kappa shape index (κ3) is 20.6. The number of rotatable bonds is 24. The van der Waals surface area contributed by atoms with Crippen LogP contribution < -0.4 is 9.47 Å². The van der Waals surface area contributed by atoms with Crippen molar-refractivity contribution in [1.29, 1.82) is 0 Å². The molecule has 4 aromatic carbocycles. The van der Waals surface area contributed by atoms with Crippen molar-refractivity contribution in [3.63, 3.8) is 0 Å². The van der Waals surface area contributed by atoms with Crippen LogP contribution in [0.5, 0.6) is 11.5 Å². The number of aliphatic hydroxyl groups excluding tert-OH is 1. The van der Waals surface area contributed by atoms with Gasteiger partial charge in [0, 0.05) is 16.7 Å². The van der Waals surface area contributed by atoms with Crippen LogP contribution in [0.15, 0.2) is 60.7 Å². The Bertz CT molecular complexity index is 2820. The smallest absolute Gasteiger partial charge is 0.329 e. The van der Waals surface area contributed by atoms with E-state index in [9.17, 15) is 39.4 Å². The summed E-state index contributed by atoms with van der Waals surface area (Å²) in [6.07, 6.45) is -2.41. The van der Waals surface area contributed by atoms with Gasteiger partial charge in [-0.1, -0.05) is 232 Å². The maximum Gasteiger partial charge on any atom is 0.329 e. The molecule has 15 nitrogen and oxygen atoms in total. The molecule has 0 spiro atoms. The van der Waals surface area contributed by atoms with Gasteiger partial charge in [-0.15, -0.1) is 0 Å². The molecule has 4 unspecified atom stereocenters. The molecule has 0 aliphatic heterocycles. The van der Waals surface area contributed by atoms with Crippen molar-refractivity contribution >= 4 is 34.4 Å². The monoisotopic (exact) mass is 1290 g/mol. The van der Waals surface area contributed by atoms with E-state index in [1.54, 1.807) is 0 Å². The Morgan fingerprint density at radius 1 is 0.356 bits per heavy atom. The van der Waals surface area contributed by atoms with Crippen molar-refractivity contribution in [3.8, 4) is 11.5 Å². The number of ether oxygens (including phenoxy) is 2. The van der Waals surface area contributed by atoms with Gasteiger partial charge in [0.25, 0.3) is 0 Å². The Morgan fingerprint density at radius 3 is 1.05 bits per heavy atom. The Morgan fingerprint density at radius 2 is 0.690 bits per heavy atom. The highest BCUT2D eigenvalue weighted by Crippen LogP contribution is 2.55. The zero-order valence-corrected chi connectivity index (χ0v) is 61.0. The molecule has 87 heavy (non-hydrogen) atoms. The summed E-state index contributed by atoms with van der Waals surface area (Å²) in [5.41, 5.74) is 3.65.